The Morgan fingerprint density at radius 2 is 1.68 bits per heavy atom. The first-order valence-corrected chi connectivity index (χ1v) is 14.2. The Hall–Kier alpha value is -3.69. The maximum atomic E-state index is 14.5. The van der Waals surface area contributed by atoms with E-state index in [-0.39, 0.29) is 23.8 Å². The van der Waals surface area contributed by atoms with Crippen molar-refractivity contribution in [2.45, 2.75) is 38.6 Å². The summed E-state index contributed by atoms with van der Waals surface area (Å²) in [6.07, 6.45) is 2.49. The molecule has 0 aromatic heterocycles. The molecule has 3 heterocycles. The van der Waals surface area contributed by atoms with Crippen LogP contribution in [0.2, 0.25) is 0 Å². The standard InChI is InChI=1S/C31H37N3O6/c1-3-5-14-33-25-9-7-6-8-24(25)31(30(33)38)26(27(35)22-10-12-23(13-11-22)40-19-4-2)28(36)29(37)34(31)16-15-32-17-20-39-21-18-32/h6-13,35H,3-5,14-21H2,1-2H3/b27-26+. The number of rotatable bonds is 10. The van der Waals surface area contributed by atoms with E-state index in [0.717, 1.165) is 19.3 Å². The summed E-state index contributed by atoms with van der Waals surface area (Å²) in [5.74, 6) is -1.75. The molecular weight excluding hydrogens is 510 g/mol. The van der Waals surface area contributed by atoms with E-state index < -0.39 is 17.2 Å². The molecule has 3 aliphatic heterocycles. The van der Waals surface area contributed by atoms with E-state index in [0.29, 0.717) is 68.6 Å². The zero-order chi connectivity index (χ0) is 28.3. The van der Waals surface area contributed by atoms with Crippen molar-refractivity contribution >= 4 is 29.0 Å². The van der Waals surface area contributed by atoms with Crippen LogP contribution in [0, 0.1) is 0 Å². The number of aliphatic hydroxyl groups excluding tert-OH is 1. The third-order valence-electron chi connectivity index (χ3n) is 7.89. The molecule has 9 nitrogen and oxygen atoms in total. The molecule has 2 amide bonds. The Labute approximate surface area is 235 Å². The SMILES string of the molecule is CCCCN1C(=O)C2(/C(=C(/O)c3ccc(OCCC)cc3)C(=O)C(=O)N2CCN2CCOCC2)c2ccccc21. The summed E-state index contributed by atoms with van der Waals surface area (Å²) in [5, 5.41) is 11.7. The normalized spacial score (nSPS) is 22.4. The van der Waals surface area contributed by atoms with E-state index in [1.807, 2.05) is 26.0 Å². The van der Waals surface area contributed by atoms with Crippen LogP contribution in [0.1, 0.15) is 44.2 Å². The highest BCUT2D eigenvalue weighted by molar-refractivity contribution is 6.50. The number of ether oxygens (including phenoxy) is 2. The molecule has 2 aromatic rings. The Bertz CT molecular complexity index is 1300. The molecule has 2 fully saturated rings. The molecular formula is C31H37N3O6. The molecule has 5 rings (SSSR count). The molecule has 9 heteroatoms. The Kier molecular flexibility index (Phi) is 8.23. The number of carbonyl (C=O) groups is 3. The lowest BCUT2D eigenvalue weighted by atomic mass is 9.82. The van der Waals surface area contributed by atoms with Gasteiger partial charge in [-0.25, -0.2) is 0 Å². The van der Waals surface area contributed by atoms with Crippen LogP contribution in [-0.4, -0.2) is 85.0 Å². The van der Waals surface area contributed by atoms with Gasteiger partial charge in [0, 0.05) is 43.9 Å². The number of amides is 2. The molecule has 0 saturated carbocycles. The topological polar surface area (TPSA) is 99.6 Å². The number of Topliss-reactive ketones (excluding diaryl/α,β-unsaturated/α-hetero) is 1. The van der Waals surface area contributed by atoms with Crippen molar-refractivity contribution in [1.82, 2.24) is 9.80 Å². The van der Waals surface area contributed by atoms with Gasteiger partial charge in [0.1, 0.15) is 11.5 Å². The highest BCUT2D eigenvalue weighted by Crippen LogP contribution is 2.53. The van der Waals surface area contributed by atoms with Gasteiger partial charge in [-0.3, -0.25) is 19.3 Å². The number of fused-ring (bicyclic) bond motifs is 2. The Balaban J connectivity index is 1.65. The molecule has 0 bridgehead atoms. The van der Waals surface area contributed by atoms with Gasteiger partial charge in [0.15, 0.2) is 5.54 Å². The lowest BCUT2D eigenvalue weighted by Gasteiger charge is -2.36. The van der Waals surface area contributed by atoms with Crippen molar-refractivity contribution in [3.05, 3.63) is 65.2 Å². The number of carbonyl (C=O) groups excluding carboxylic acids is 3. The van der Waals surface area contributed by atoms with Crippen molar-refractivity contribution < 1.29 is 29.0 Å². The van der Waals surface area contributed by atoms with Gasteiger partial charge in [-0.1, -0.05) is 38.5 Å². The van der Waals surface area contributed by atoms with Gasteiger partial charge in [0.2, 0.25) is 0 Å². The number of hydrogen-bond acceptors (Lipinski definition) is 7. The number of anilines is 1. The van der Waals surface area contributed by atoms with Crippen LogP contribution in [0.4, 0.5) is 5.69 Å². The van der Waals surface area contributed by atoms with Gasteiger partial charge in [0.25, 0.3) is 17.6 Å². The summed E-state index contributed by atoms with van der Waals surface area (Å²) < 4.78 is 11.1. The molecule has 2 saturated heterocycles. The Morgan fingerprint density at radius 1 is 0.950 bits per heavy atom. The van der Waals surface area contributed by atoms with E-state index in [2.05, 4.69) is 4.90 Å². The van der Waals surface area contributed by atoms with Gasteiger partial charge in [0.05, 0.1) is 31.1 Å². The summed E-state index contributed by atoms with van der Waals surface area (Å²) in [7, 11) is 0. The predicted octanol–water partition coefficient (Wildman–Crippen LogP) is 3.53. The number of para-hydroxylation sites is 1. The second kappa shape index (κ2) is 11.8. The van der Waals surface area contributed by atoms with Crippen LogP contribution in [0.25, 0.3) is 5.76 Å². The summed E-state index contributed by atoms with van der Waals surface area (Å²) >= 11 is 0. The number of hydrogen-bond donors (Lipinski definition) is 1. The molecule has 0 radical (unpaired) electrons. The minimum absolute atomic E-state index is 0.160. The number of benzene rings is 2. The molecule has 40 heavy (non-hydrogen) atoms. The third kappa shape index (κ3) is 4.67. The third-order valence-corrected chi connectivity index (χ3v) is 7.89. The van der Waals surface area contributed by atoms with E-state index in [1.165, 1.54) is 4.90 Å². The second-order valence-corrected chi connectivity index (χ2v) is 10.4. The number of likely N-dealkylation sites (tertiary alicyclic amines) is 1. The summed E-state index contributed by atoms with van der Waals surface area (Å²) in [6, 6.07) is 14.0. The molecule has 0 aliphatic carbocycles. The first kappa shape index (κ1) is 27.9. The van der Waals surface area contributed by atoms with Crippen molar-refractivity contribution in [3.63, 3.8) is 0 Å². The first-order chi connectivity index (χ1) is 19.4. The Morgan fingerprint density at radius 3 is 2.38 bits per heavy atom. The minimum Gasteiger partial charge on any atom is -0.507 e. The van der Waals surface area contributed by atoms with Crippen LogP contribution in [0.15, 0.2) is 54.1 Å². The lowest BCUT2D eigenvalue weighted by molar-refractivity contribution is -0.144. The molecule has 1 atom stereocenters. The maximum absolute atomic E-state index is 14.5. The van der Waals surface area contributed by atoms with Crippen molar-refractivity contribution in [2.75, 3.05) is 57.4 Å². The fraction of sp³-hybridized carbons (Fsp3) is 0.452. The molecule has 1 spiro atoms. The maximum Gasteiger partial charge on any atom is 0.296 e. The van der Waals surface area contributed by atoms with Gasteiger partial charge in [-0.15, -0.1) is 0 Å². The quantitative estimate of drug-likeness (QED) is 0.276. The molecule has 1 unspecified atom stereocenters. The molecule has 2 aromatic carbocycles. The molecule has 212 valence electrons. The summed E-state index contributed by atoms with van der Waals surface area (Å²) in [4.78, 5) is 47.3. The number of nitrogens with zero attached hydrogens (tertiary/aromatic N) is 3. The van der Waals surface area contributed by atoms with Crippen molar-refractivity contribution in [2.24, 2.45) is 0 Å². The fourth-order valence-corrected chi connectivity index (χ4v) is 5.84. The summed E-state index contributed by atoms with van der Waals surface area (Å²) in [5.41, 5.74) is -0.383. The van der Waals surface area contributed by atoms with Gasteiger partial charge in [-0.2, -0.15) is 0 Å². The second-order valence-electron chi connectivity index (χ2n) is 10.4. The zero-order valence-corrected chi connectivity index (χ0v) is 23.2. The van der Waals surface area contributed by atoms with E-state index in [4.69, 9.17) is 9.47 Å². The molecule has 3 aliphatic rings. The number of ketones is 1. The van der Waals surface area contributed by atoms with Crippen molar-refractivity contribution in [1.29, 1.82) is 0 Å². The van der Waals surface area contributed by atoms with E-state index in [1.54, 1.807) is 41.3 Å². The van der Waals surface area contributed by atoms with Crippen LogP contribution < -0.4 is 9.64 Å². The highest BCUT2D eigenvalue weighted by Gasteiger charge is 2.67. The van der Waals surface area contributed by atoms with E-state index >= 15 is 0 Å². The van der Waals surface area contributed by atoms with Gasteiger partial charge in [-0.05, 0) is 43.2 Å². The van der Waals surface area contributed by atoms with Crippen LogP contribution in [0.5, 0.6) is 5.75 Å². The predicted molar refractivity (Wildman–Crippen MR) is 151 cm³/mol. The van der Waals surface area contributed by atoms with Crippen LogP contribution in [0.3, 0.4) is 0 Å². The monoisotopic (exact) mass is 547 g/mol. The van der Waals surface area contributed by atoms with Crippen molar-refractivity contribution in [3.8, 4) is 5.75 Å². The zero-order valence-electron chi connectivity index (χ0n) is 23.2. The fourth-order valence-electron chi connectivity index (χ4n) is 5.84. The largest absolute Gasteiger partial charge is 0.507 e. The van der Waals surface area contributed by atoms with Gasteiger partial charge < -0.3 is 24.4 Å². The highest BCUT2D eigenvalue weighted by atomic mass is 16.5. The van der Waals surface area contributed by atoms with Crippen LogP contribution in [-0.2, 0) is 24.7 Å². The van der Waals surface area contributed by atoms with Crippen LogP contribution >= 0.6 is 0 Å². The lowest BCUT2D eigenvalue weighted by Crippen LogP contribution is -2.54. The number of aliphatic hydroxyl groups is 1. The minimum atomic E-state index is -1.74. The summed E-state index contributed by atoms with van der Waals surface area (Å²) in [6.45, 7) is 8.29. The average molecular weight is 548 g/mol. The van der Waals surface area contributed by atoms with Gasteiger partial charge >= 0.3 is 0 Å². The average Bonchev–Trinajstić information content (AvgIpc) is 3.36. The number of unbranched alkanes of at least 4 members (excludes halogenated alkanes) is 1. The first-order valence-electron chi connectivity index (χ1n) is 14.2. The number of morpholine rings is 1. The smallest absolute Gasteiger partial charge is 0.296 e. The van der Waals surface area contributed by atoms with E-state index in [9.17, 15) is 19.5 Å². The molecule has 1 N–H and O–H groups in total.